The summed E-state index contributed by atoms with van der Waals surface area (Å²) in [5.74, 6) is -0.335. The van der Waals surface area contributed by atoms with Crippen LogP contribution >= 0.6 is 15.9 Å². The van der Waals surface area contributed by atoms with E-state index in [1.165, 1.54) is 25.0 Å². The lowest BCUT2D eigenvalue weighted by atomic mass is 10.1. The van der Waals surface area contributed by atoms with Gasteiger partial charge in [0, 0.05) is 29.6 Å². The number of halogens is 2. The van der Waals surface area contributed by atoms with E-state index in [4.69, 9.17) is 0 Å². The number of carbonyl (C=O) groups is 1. The Bertz CT molecular complexity index is 537. The number of carbonyl (C=O) groups excluding carboxylic acids is 1. The highest BCUT2D eigenvalue weighted by Crippen LogP contribution is 2.27. The number of nitrogens with zero attached hydrogens (tertiary/aromatic N) is 2. The monoisotopic (exact) mass is 340 g/mol. The maximum Gasteiger partial charge on any atom is 0.255 e. The van der Waals surface area contributed by atoms with Crippen LogP contribution < -0.4 is 0 Å². The fourth-order valence-corrected chi connectivity index (χ4v) is 3.81. The van der Waals surface area contributed by atoms with E-state index in [0.717, 1.165) is 19.6 Å². The van der Waals surface area contributed by atoms with Gasteiger partial charge in [0.1, 0.15) is 5.82 Å². The number of amides is 1. The van der Waals surface area contributed by atoms with Crippen LogP contribution in [-0.2, 0) is 0 Å². The molecule has 0 N–H and O–H groups in total. The van der Waals surface area contributed by atoms with E-state index in [2.05, 4.69) is 27.8 Å². The summed E-state index contributed by atoms with van der Waals surface area (Å²) in [6.45, 7) is 4.96. The molecule has 0 spiro atoms. The molecule has 20 heavy (non-hydrogen) atoms. The quantitative estimate of drug-likeness (QED) is 0.784. The van der Waals surface area contributed by atoms with E-state index in [-0.39, 0.29) is 17.8 Å². The molecule has 2 unspecified atom stereocenters. The van der Waals surface area contributed by atoms with Crippen LogP contribution in [0.1, 0.15) is 30.1 Å². The fraction of sp³-hybridized carbons (Fsp3) is 0.533. The highest BCUT2D eigenvalue weighted by atomic mass is 79.9. The normalized spacial score (nSPS) is 26.6. The minimum atomic E-state index is -0.331. The van der Waals surface area contributed by atoms with Gasteiger partial charge in [0.15, 0.2) is 0 Å². The van der Waals surface area contributed by atoms with Gasteiger partial charge in [-0.05, 0) is 60.4 Å². The predicted octanol–water partition coefficient (Wildman–Crippen LogP) is 2.90. The zero-order chi connectivity index (χ0) is 14.3. The zero-order valence-corrected chi connectivity index (χ0v) is 13.1. The Hall–Kier alpha value is -0.940. The minimum absolute atomic E-state index is 0.00377. The van der Waals surface area contributed by atoms with Gasteiger partial charge in [0.25, 0.3) is 5.91 Å². The fourth-order valence-electron chi connectivity index (χ4n) is 3.29. The van der Waals surface area contributed by atoms with Gasteiger partial charge >= 0.3 is 0 Å². The molecule has 0 bridgehead atoms. The number of fused-ring (bicyclic) bond motifs is 1. The smallest absolute Gasteiger partial charge is 0.255 e. The molecule has 1 aromatic rings. The Kier molecular flexibility index (Phi) is 3.82. The molecule has 1 amide bonds. The van der Waals surface area contributed by atoms with Gasteiger partial charge in [0.2, 0.25) is 0 Å². The third kappa shape index (κ3) is 2.49. The molecule has 3 nitrogen and oxygen atoms in total. The SMILES string of the molecule is CC1CN2CCCC2CN1C(=O)c1ccc(F)cc1Br. The molecular weight excluding hydrogens is 323 g/mol. The van der Waals surface area contributed by atoms with Gasteiger partial charge in [-0.3, -0.25) is 9.69 Å². The van der Waals surface area contributed by atoms with Crippen LogP contribution in [0.4, 0.5) is 4.39 Å². The van der Waals surface area contributed by atoms with E-state index in [1.807, 2.05) is 4.90 Å². The summed E-state index contributed by atoms with van der Waals surface area (Å²) in [4.78, 5) is 17.1. The highest BCUT2D eigenvalue weighted by Gasteiger charge is 2.37. The van der Waals surface area contributed by atoms with Crippen molar-refractivity contribution >= 4 is 21.8 Å². The second kappa shape index (κ2) is 5.45. The Balaban J connectivity index is 1.82. The lowest BCUT2D eigenvalue weighted by molar-refractivity contribution is 0.0394. The van der Waals surface area contributed by atoms with Crippen LogP contribution in [0.2, 0.25) is 0 Å². The molecule has 3 rings (SSSR count). The third-order valence-corrected chi connectivity index (χ3v) is 5.02. The first-order valence-electron chi connectivity index (χ1n) is 7.06. The van der Waals surface area contributed by atoms with Gasteiger partial charge in [-0.2, -0.15) is 0 Å². The van der Waals surface area contributed by atoms with Crippen molar-refractivity contribution in [3.63, 3.8) is 0 Å². The van der Waals surface area contributed by atoms with Crippen LogP contribution in [0.25, 0.3) is 0 Å². The molecule has 0 radical (unpaired) electrons. The number of piperazine rings is 1. The van der Waals surface area contributed by atoms with E-state index in [1.54, 1.807) is 6.07 Å². The van der Waals surface area contributed by atoms with Crippen molar-refractivity contribution in [1.29, 1.82) is 0 Å². The molecule has 2 saturated heterocycles. The van der Waals surface area contributed by atoms with Crippen LogP contribution in [0.15, 0.2) is 22.7 Å². The van der Waals surface area contributed by atoms with E-state index in [0.29, 0.717) is 16.1 Å². The van der Waals surface area contributed by atoms with E-state index in [9.17, 15) is 9.18 Å². The van der Waals surface area contributed by atoms with Gasteiger partial charge in [-0.15, -0.1) is 0 Å². The average Bonchev–Trinajstić information content (AvgIpc) is 2.84. The lowest BCUT2D eigenvalue weighted by Gasteiger charge is -2.42. The Morgan fingerprint density at radius 2 is 2.20 bits per heavy atom. The van der Waals surface area contributed by atoms with Crippen LogP contribution in [0.3, 0.4) is 0 Å². The number of benzene rings is 1. The van der Waals surface area contributed by atoms with Crippen molar-refractivity contribution in [3.05, 3.63) is 34.1 Å². The van der Waals surface area contributed by atoms with Crippen LogP contribution in [0, 0.1) is 5.82 Å². The maximum absolute atomic E-state index is 13.1. The molecule has 0 saturated carbocycles. The summed E-state index contributed by atoms with van der Waals surface area (Å²) in [5.41, 5.74) is 0.546. The average molecular weight is 341 g/mol. The Morgan fingerprint density at radius 3 is 2.95 bits per heavy atom. The first kappa shape index (κ1) is 14.0. The molecule has 0 aromatic heterocycles. The maximum atomic E-state index is 13.1. The summed E-state index contributed by atoms with van der Waals surface area (Å²) in [6.07, 6.45) is 2.39. The summed E-state index contributed by atoms with van der Waals surface area (Å²) in [7, 11) is 0. The molecule has 1 aromatic carbocycles. The summed E-state index contributed by atoms with van der Waals surface area (Å²) >= 11 is 3.29. The van der Waals surface area contributed by atoms with E-state index < -0.39 is 0 Å². The van der Waals surface area contributed by atoms with Crippen molar-refractivity contribution in [2.45, 2.75) is 31.8 Å². The van der Waals surface area contributed by atoms with Crippen molar-refractivity contribution in [1.82, 2.24) is 9.80 Å². The molecule has 2 atom stereocenters. The summed E-state index contributed by atoms with van der Waals surface area (Å²) < 4.78 is 13.7. The van der Waals surface area contributed by atoms with Crippen molar-refractivity contribution in [3.8, 4) is 0 Å². The zero-order valence-electron chi connectivity index (χ0n) is 11.5. The molecule has 0 aliphatic carbocycles. The second-order valence-corrected chi connectivity index (χ2v) is 6.58. The summed E-state index contributed by atoms with van der Waals surface area (Å²) in [5, 5.41) is 0. The Labute approximate surface area is 126 Å². The molecule has 2 heterocycles. The van der Waals surface area contributed by atoms with Crippen molar-refractivity contribution < 1.29 is 9.18 Å². The van der Waals surface area contributed by atoms with Gasteiger partial charge in [-0.1, -0.05) is 0 Å². The van der Waals surface area contributed by atoms with Gasteiger partial charge in [0.05, 0.1) is 5.56 Å². The first-order valence-corrected chi connectivity index (χ1v) is 7.85. The molecular formula is C15H18BrFN2O. The second-order valence-electron chi connectivity index (χ2n) is 5.72. The molecule has 2 fully saturated rings. The molecule has 108 valence electrons. The number of hydrogen-bond acceptors (Lipinski definition) is 2. The highest BCUT2D eigenvalue weighted by molar-refractivity contribution is 9.10. The first-order chi connectivity index (χ1) is 9.56. The molecule has 5 heteroatoms. The van der Waals surface area contributed by atoms with Crippen LogP contribution in [-0.4, -0.2) is 47.4 Å². The van der Waals surface area contributed by atoms with E-state index >= 15 is 0 Å². The third-order valence-electron chi connectivity index (χ3n) is 4.36. The number of hydrogen-bond donors (Lipinski definition) is 0. The van der Waals surface area contributed by atoms with Gasteiger partial charge < -0.3 is 4.90 Å². The van der Waals surface area contributed by atoms with Gasteiger partial charge in [-0.25, -0.2) is 4.39 Å². The molecule has 2 aliphatic rings. The lowest BCUT2D eigenvalue weighted by Crippen LogP contribution is -2.56. The minimum Gasteiger partial charge on any atom is -0.333 e. The van der Waals surface area contributed by atoms with Crippen molar-refractivity contribution in [2.75, 3.05) is 19.6 Å². The number of rotatable bonds is 1. The summed E-state index contributed by atoms with van der Waals surface area (Å²) in [6, 6.07) is 4.96. The van der Waals surface area contributed by atoms with Crippen LogP contribution in [0.5, 0.6) is 0 Å². The van der Waals surface area contributed by atoms with Crippen molar-refractivity contribution in [2.24, 2.45) is 0 Å². The predicted molar refractivity (Wildman–Crippen MR) is 79.2 cm³/mol. The standard InChI is InChI=1S/C15H18BrFN2O/c1-10-8-18-6-2-3-12(18)9-19(10)15(20)13-5-4-11(17)7-14(13)16/h4-5,7,10,12H,2-3,6,8-9H2,1H3. The largest absolute Gasteiger partial charge is 0.333 e. The Morgan fingerprint density at radius 1 is 1.40 bits per heavy atom. The topological polar surface area (TPSA) is 23.6 Å². The molecule has 2 aliphatic heterocycles.